The Balaban J connectivity index is 1.64. The molecule has 0 saturated carbocycles. The van der Waals surface area contributed by atoms with Crippen molar-refractivity contribution in [2.24, 2.45) is 0 Å². The Hall–Kier alpha value is -2.33. The predicted octanol–water partition coefficient (Wildman–Crippen LogP) is 4.92. The van der Waals surface area contributed by atoms with Gasteiger partial charge in [-0.3, -0.25) is 0 Å². The van der Waals surface area contributed by atoms with E-state index in [-0.39, 0.29) is 6.03 Å². The van der Waals surface area contributed by atoms with Crippen LogP contribution in [0.4, 0.5) is 10.5 Å². The van der Waals surface area contributed by atoms with E-state index in [2.05, 4.69) is 26.6 Å². The molecule has 0 atom stereocenters. The number of benzene rings is 3. The number of carbonyl (C=O) groups is 1. The van der Waals surface area contributed by atoms with Gasteiger partial charge in [-0.1, -0.05) is 64.5 Å². The lowest BCUT2D eigenvalue weighted by atomic mass is 10.1. The zero-order chi connectivity index (χ0) is 15.4. The first-order chi connectivity index (χ1) is 10.7. The molecule has 0 aliphatic rings. The normalized spacial score (nSPS) is 10.4. The number of hydrogen-bond acceptors (Lipinski definition) is 1. The third-order valence-corrected chi connectivity index (χ3v) is 4.18. The van der Waals surface area contributed by atoms with Crippen LogP contribution in [0, 0.1) is 0 Å². The summed E-state index contributed by atoms with van der Waals surface area (Å²) in [6, 6.07) is 21.5. The maximum atomic E-state index is 12.0. The third kappa shape index (κ3) is 3.46. The number of hydrogen-bond donors (Lipinski definition) is 2. The highest BCUT2D eigenvalue weighted by molar-refractivity contribution is 9.10. The predicted molar refractivity (Wildman–Crippen MR) is 93.9 cm³/mol. The van der Waals surface area contributed by atoms with Crippen LogP contribution in [0.3, 0.4) is 0 Å². The molecular formula is C18H15BrN2O. The fourth-order valence-electron chi connectivity index (χ4n) is 2.26. The molecule has 0 heterocycles. The summed E-state index contributed by atoms with van der Waals surface area (Å²) in [5.74, 6) is 0. The Morgan fingerprint density at radius 3 is 2.45 bits per heavy atom. The van der Waals surface area contributed by atoms with Crippen molar-refractivity contribution in [1.82, 2.24) is 5.32 Å². The average Bonchev–Trinajstić information content (AvgIpc) is 2.54. The number of urea groups is 1. The molecule has 110 valence electrons. The van der Waals surface area contributed by atoms with Crippen LogP contribution in [0.25, 0.3) is 10.8 Å². The summed E-state index contributed by atoms with van der Waals surface area (Å²) in [6.07, 6.45) is 0. The molecule has 0 spiro atoms. The second kappa shape index (κ2) is 6.62. The molecule has 0 saturated heterocycles. The van der Waals surface area contributed by atoms with Crippen LogP contribution in [0.15, 0.2) is 71.2 Å². The molecule has 0 fully saturated rings. The van der Waals surface area contributed by atoms with Gasteiger partial charge >= 0.3 is 6.03 Å². The molecule has 3 nitrogen and oxygen atoms in total. The van der Waals surface area contributed by atoms with Gasteiger partial charge in [0.25, 0.3) is 0 Å². The van der Waals surface area contributed by atoms with Crippen LogP contribution in [0.5, 0.6) is 0 Å². The van der Waals surface area contributed by atoms with Crippen molar-refractivity contribution in [3.8, 4) is 0 Å². The summed E-state index contributed by atoms with van der Waals surface area (Å²) in [5, 5.41) is 7.97. The lowest BCUT2D eigenvalue weighted by Crippen LogP contribution is -2.28. The van der Waals surface area contributed by atoms with Crippen LogP contribution in [0.2, 0.25) is 0 Å². The fraction of sp³-hybridized carbons (Fsp3) is 0.0556. The Labute approximate surface area is 137 Å². The van der Waals surface area contributed by atoms with Gasteiger partial charge in [0.05, 0.1) is 0 Å². The van der Waals surface area contributed by atoms with E-state index in [4.69, 9.17) is 0 Å². The number of nitrogens with one attached hydrogen (secondary N) is 2. The number of anilines is 1. The van der Waals surface area contributed by atoms with Gasteiger partial charge in [0.15, 0.2) is 0 Å². The van der Waals surface area contributed by atoms with Gasteiger partial charge in [0, 0.05) is 16.7 Å². The van der Waals surface area contributed by atoms with E-state index >= 15 is 0 Å². The molecule has 0 unspecified atom stereocenters. The van der Waals surface area contributed by atoms with Gasteiger partial charge in [0.2, 0.25) is 0 Å². The highest BCUT2D eigenvalue weighted by atomic mass is 79.9. The third-order valence-electron chi connectivity index (χ3n) is 3.40. The van der Waals surface area contributed by atoms with Crippen molar-refractivity contribution < 1.29 is 4.79 Å². The van der Waals surface area contributed by atoms with Crippen LogP contribution in [-0.4, -0.2) is 6.03 Å². The van der Waals surface area contributed by atoms with Crippen molar-refractivity contribution >= 4 is 38.4 Å². The maximum Gasteiger partial charge on any atom is 0.319 e. The van der Waals surface area contributed by atoms with Gasteiger partial charge in [-0.25, -0.2) is 4.79 Å². The van der Waals surface area contributed by atoms with Crippen molar-refractivity contribution in [2.45, 2.75) is 6.54 Å². The molecule has 4 heteroatoms. The number of amides is 2. The minimum atomic E-state index is -0.217. The van der Waals surface area contributed by atoms with Gasteiger partial charge in [-0.05, 0) is 34.5 Å². The summed E-state index contributed by atoms with van der Waals surface area (Å²) in [6.45, 7) is 0.473. The average molecular weight is 355 g/mol. The van der Waals surface area contributed by atoms with Crippen LogP contribution in [0.1, 0.15) is 5.56 Å². The lowest BCUT2D eigenvalue weighted by molar-refractivity contribution is 0.251. The van der Waals surface area contributed by atoms with Crippen molar-refractivity contribution in [1.29, 1.82) is 0 Å². The van der Waals surface area contributed by atoms with Crippen molar-refractivity contribution in [3.63, 3.8) is 0 Å². The van der Waals surface area contributed by atoms with Gasteiger partial charge in [-0.15, -0.1) is 0 Å². The molecule has 3 aromatic carbocycles. The Morgan fingerprint density at radius 2 is 1.64 bits per heavy atom. The number of rotatable bonds is 3. The molecular weight excluding hydrogens is 340 g/mol. The maximum absolute atomic E-state index is 12.0. The first-order valence-electron chi connectivity index (χ1n) is 6.99. The van der Waals surface area contributed by atoms with E-state index in [1.54, 1.807) is 0 Å². The largest absolute Gasteiger partial charge is 0.334 e. The van der Waals surface area contributed by atoms with Crippen LogP contribution in [-0.2, 0) is 6.54 Å². The molecule has 2 amide bonds. The van der Waals surface area contributed by atoms with Crippen molar-refractivity contribution in [3.05, 3.63) is 76.8 Å². The zero-order valence-electron chi connectivity index (χ0n) is 11.8. The number of halogens is 1. The minimum Gasteiger partial charge on any atom is -0.334 e. The molecule has 0 aliphatic carbocycles. The van der Waals surface area contributed by atoms with E-state index in [9.17, 15) is 4.79 Å². The summed E-state index contributed by atoms with van der Waals surface area (Å²) >= 11 is 3.47. The zero-order valence-corrected chi connectivity index (χ0v) is 13.4. The van der Waals surface area contributed by atoms with Gasteiger partial charge < -0.3 is 10.6 Å². The molecule has 0 radical (unpaired) electrons. The van der Waals surface area contributed by atoms with Crippen LogP contribution >= 0.6 is 15.9 Å². The number of fused-ring (bicyclic) bond motifs is 1. The molecule has 2 N–H and O–H groups in total. The first kappa shape index (κ1) is 14.6. The smallest absolute Gasteiger partial charge is 0.319 e. The topological polar surface area (TPSA) is 41.1 Å². The minimum absolute atomic E-state index is 0.217. The van der Waals surface area contributed by atoms with E-state index in [1.807, 2.05) is 66.7 Å². The molecule has 3 aromatic rings. The summed E-state index contributed by atoms with van der Waals surface area (Å²) in [7, 11) is 0. The van der Waals surface area contributed by atoms with E-state index < -0.39 is 0 Å². The Bertz CT molecular complexity index is 817. The molecule has 0 aromatic heterocycles. The monoisotopic (exact) mass is 354 g/mol. The van der Waals surface area contributed by atoms with Crippen LogP contribution < -0.4 is 10.6 Å². The molecule has 0 bridgehead atoms. The fourth-order valence-corrected chi connectivity index (χ4v) is 2.68. The van der Waals surface area contributed by atoms with E-state index in [0.29, 0.717) is 6.54 Å². The first-order valence-corrected chi connectivity index (χ1v) is 7.79. The SMILES string of the molecule is O=C(NCc1ccccc1Br)Nc1ccc2ccccc2c1. The van der Waals surface area contributed by atoms with Gasteiger partial charge in [0.1, 0.15) is 0 Å². The summed E-state index contributed by atoms with van der Waals surface area (Å²) < 4.78 is 0.987. The second-order valence-electron chi connectivity index (χ2n) is 4.96. The van der Waals surface area contributed by atoms with Gasteiger partial charge in [-0.2, -0.15) is 0 Å². The number of carbonyl (C=O) groups excluding carboxylic acids is 1. The highest BCUT2D eigenvalue weighted by Crippen LogP contribution is 2.19. The quantitative estimate of drug-likeness (QED) is 0.688. The lowest BCUT2D eigenvalue weighted by Gasteiger charge is -2.09. The van der Waals surface area contributed by atoms with E-state index in [0.717, 1.165) is 26.5 Å². The standard InChI is InChI=1S/C18H15BrN2O/c19-17-8-4-3-7-15(17)12-20-18(22)21-16-10-9-13-5-1-2-6-14(13)11-16/h1-11H,12H2,(H2,20,21,22). The summed E-state index contributed by atoms with van der Waals surface area (Å²) in [4.78, 5) is 12.0. The molecule has 0 aliphatic heterocycles. The molecule has 22 heavy (non-hydrogen) atoms. The summed E-state index contributed by atoms with van der Waals surface area (Å²) in [5.41, 5.74) is 1.82. The highest BCUT2D eigenvalue weighted by Gasteiger charge is 2.04. The Morgan fingerprint density at radius 1 is 0.909 bits per heavy atom. The van der Waals surface area contributed by atoms with Crippen molar-refractivity contribution in [2.75, 3.05) is 5.32 Å². The second-order valence-corrected chi connectivity index (χ2v) is 5.82. The van der Waals surface area contributed by atoms with E-state index in [1.165, 1.54) is 0 Å². The molecule has 3 rings (SSSR count). The Kier molecular flexibility index (Phi) is 4.39.